The highest BCUT2D eigenvalue weighted by Gasteiger charge is 2.55. The van der Waals surface area contributed by atoms with Crippen molar-refractivity contribution in [3.63, 3.8) is 0 Å². The van der Waals surface area contributed by atoms with Crippen molar-refractivity contribution in [1.29, 1.82) is 5.26 Å². The number of carbonyl (C=O) groups is 4. The van der Waals surface area contributed by atoms with E-state index in [2.05, 4.69) is 15.4 Å². The Morgan fingerprint density at radius 2 is 2.00 bits per heavy atom. The van der Waals surface area contributed by atoms with E-state index in [1.807, 2.05) is 0 Å². The van der Waals surface area contributed by atoms with Crippen LogP contribution < -0.4 is 11.1 Å². The fraction of sp³-hybridized carbons (Fsp3) is 0.458. The molecule has 0 aliphatic carbocycles. The first kappa shape index (κ1) is 31.3. The zero-order chi connectivity index (χ0) is 30.6. The van der Waals surface area contributed by atoms with Gasteiger partial charge in [0.2, 0.25) is 11.8 Å². The second-order valence-electron chi connectivity index (χ2n) is 9.60. The number of carboxylic acids is 1. The lowest BCUT2D eigenvalue weighted by Crippen LogP contribution is -2.59. The summed E-state index contributed by atoms with van der Waals surface area (Å²) in [6, 6.07) is 0.610. The van der Waals surface area contributed by atoms with Crippen LogP contribution in [0.3, 0.4) is 0 Å². The number of nitrogens with two attached hydrogens (primary N) is 1. The zero-order valence-corrected chi connectivity index (χ0v) is 22.6. The monoisotopic (exact) mass is 598 g/mol. The molecule has 1 aliphatic heterocycles. The number of nitriles is 1. The van der Waals surface area contributed by atoms with E-state index in [-0.39, 0.29) is 36.3 Å². The van der Waals surface area contributed by atoms with Crippen LogP contribution in [0.2, 0.25) is 5.02 Å². The summed E-state index contributed by atoms with van der Waals surface area (Å²) in [6.45, 7) is 2.89. The van der Waals surface area contributed by atoms with Crippen molar-refractivity contribution in [3.8, 4) is 6.19 Å². The van der Waals surface area contributed by atoms with E-state index < -0.39 is 65.7 Å². The van der Waals surface area contributed by atoms with Gasteiger partial charge in [-0.25, -0.2) is 19.4 Å². The maximum Gasteiger partial charge on any atom is 0.410 e. The number of piperidine rings is 1. The summed E-state index contributed by atoms with van der Waals surface area (Å²) in [4.78, 5) is 55.1. The highest BCUT2D eigenvalue weighted by Crippen LogP contribution is 2.39. The maximum atomic E-state index is 14.4. The molecule has 3 amide bonds. The lowest BCUT2D eigenvalue weighted by molar-refractivity contribution is -0.193. The van der Waals surface area contributed by atoms with E-state index >= 15 is 0 Å². The number of carbonyl (C=O) groups excluding carboxylic acids is 3. The topological polar surface area (TPSA) is 188 Å². The standard InChI is InChI=1S/C24H26ClF3N8O5/c1-12(2)34-6-5-14(15(9-34)21(30)38)20(24(26,27)28)35(11-29)22(39)16-7-17(23(40)41)36(33-16)10-19(37)32-18-4-3-13(25)8-31-18/h3-4,7-8,12,14-15,20H,5-6,9-10H2,1-2H3,(H2,30,38)(H,40,41)(H,31,32,37). The Morgan fingerprint density at radius 3 is 2.51 bits per heavy atom. The summed E-state index contributed by atoms with van der Waals surface area (Å²) in [7, 11) is 0. The molecule has 17 heteroatoms. The molecule has 1 aliphatic rings. The lowest BCUT2D eigenvalue weighted by Gasteiger charge is -2.43. The number of rotatable bonds is 9. The third-order valence-electron chi connectivity index (χ3n) is 6.65. The summed E-state index contributed by atoms with van der Waals surface area (Å²) in [5.74, 6) is -7.86. The number of anilines is 1. The largest absolute Gasteiger partial charge is 0.477 e. The van der Waals surface area contributed by atoms with E-state index in [0.717, 1.165) is 0 Å². The molecule has 2 aromatic heterocycles. The Kier molecular flexibility index (Phi) is 9.56. The average molecular weight is 599 g/mol. The van der Waals surface area contributed by atoms with Crippen molar-refractivity contribution in [3.05, 3.63) is 40.8 Å². The molecule has 4 N–H and O–H groups in total. The summed E-state index contributed by atoms with van der Waals surface area (Å²) in [6.07, 6.45) is -2.88. The minimum atomic E-state index is -5.16. The number of primary amides is 1. The van der Waals surface area contributed by atoms with Crippen molar-refractivity contribution in [2.75, 3.05) is 18.4 Å². The smallest absolute Gasteiger partial charge is 0.410 e. The Balaban J connectivity index is 1.93. The number of nitrogens with zero attached hydrogens (tertiary/aromatic N) is 6. The predicted octanol–water partition coefficient (Wildman–Crippen LogP) is 1.95. The van der Waals surface area contributed by atoms with Crippen LogP contribution in [0.15, 0.2) is 24.4 Å². The Labute approximate surface area is 236 Å². The first-order chi connectivity index (χ1) is 19.1. The third kappa shape index (κ3) is 7.30. The van der Waals surface area contributed by atoms with Crippen molar-refractivity contribution in [2.24, 2.45) is 17.6 Å². The fourth-order valence-electron chi connectivity index (χ4n) is 4.66. The van der Waals surface area contributed by atoms with E-state index in [4.69, 9.17) is 17.3 Å². The molecular formula is C24H26ClF3N8O5. The number of alkyl halides is 3. The van der Waals surface area contributed by atoms with Crippen LogP contribution in [0, 0.1) is 23.3 Å². The van der Waals surface area contributed by atoms with Gasteiger partial charge in [-0.05, 0) is 38.9 Å². The highest BCUT2D eigenvalue weighted by atomic mass is 35.5. The molecule has 1 fully saturated rings. The van der Waals surface area contributed by atoms with E-state index in [0.29, 0.717) is 15.8 Å². The number of likely N-dealkylation sites (tertiary alicyclic amines) is 1. The maximum absolute atomic E-state index is 14.4. The number of aromatic nitrogens is 3. The van der Waals surface area contributed by atoms with Gasteiger partial charge in [0.15, 0.2) is 11.9 Å². The number of aromatic carboxylic acids is 1. The molecule has 220 valence electrons. The summed E-state index contributed by atoms with van der Waals surface area (Å²) >= 11 is 5.74. The van der Waals surface area contributed by atoms with Crippen molar-refractivity contribution in [2.45, 2.75) is 45.1 Å². The third-order valence-corrected chi connectivity index (χ3v) is 6.87. The summed E-state index contributed by atoms with van der Waals surface area (Å²) in [5, 5.41) is 25.6. The van der Waals surface area contributed by atoms with Crippen molar-refractivity contribution >= 4 is 41.1 Å². The number of amides is 3. The first-order valence-corrected chi connectivity index (χ1v) is 12.6. The molecule has 1 saturated heterocycles. The quantitative estimate of drug-likeness (QED) is 0.286. The van der Waals surface area contributed by atoms with Gasteiger partial charge in [-0.3, -0.25) is 14.4 Å². The molecule has 13 nitrogen and oxygen atoms in total. The SMILES string of the molecule is CC(C)N1CCC(C(N(C#N)C(=O)c2cc(C(=O)O)n(CC(=O)Nc3ccc(Cl)cn3)n2)C(F)(F)F)C(C(N)=O)C1. The minimum absolute atomic E-state index is 0.0657. The molecule has 0 spiro atoms. The normalized spacial score (nSPS) is 18.4. The molecule has 3 unspecified atom stereocenters. The molecule has 3 rings (SSSR count). The van der Waals surface area contributed by atoms with Gasteiger partial charge >= 0.3 is 12.1 Å². The minimum Gasteiger partial charge on any atom is -0.477 e. The zero-order valence-electron chi connectivity index (χ0n) is 21.8. The summed E-state index contributed by atoms with van der Waals surface area (Å²) < 4.78 is 43.9. The van der Waals surface area contributed by atoms with Crippen LogP contribution in [0.25, 0.3) is 0 Å². The number of hydrogen-bond donors (Lipinski definition) is 3. The highest BCUT2D eigenvalue weighted by molar-refractivity contribution is 6.30. The molecule has 0 bridgehead atoms. The van der Waals surface area contributed by atoms with Crippen LogP contribution in [-0.2, 0) is 16.1 Å². The second-order valence-corrected chi connectivity index (χ2v) is 10.0. The van der Waals surface area contributed by atoms with Gasteiger partial charge in [-0.1, -0.05) is 11.6 Å². The fourth-order valence-corrected chi connectivity index (χ4v) is 4.78. The number of hydrogen-bond acceptors (Lipinski definition) is 8. The number of halogens is 4. The van der Waals surface area contributed by atoms with Gasteiger partial charge in [-0.2, -0.15) is 23.5 Å². The van der Waals surface area contributed by atoms with Gasteiger partial charge in [0.25, 0.3) is 5.91 Å². The Morgan fingerprint density at radius 1 is 1.32 bits per heavy atom. The second kappa shape index (κ2) is 12.5. The molecule has 41 heavy (non-hydrogen) atoms. The molecule has 2 aromatic rings. The number of carboxylic acid groups (broad SMARTS) is 1. The van der Waals surface area contributed by atoms with E-state index in [9.17, 15) is 42.7 Å². The predicted molar refractivity (Wildman–Crippen MR) is 136 cm³/mol. The first-order valence-electron chi connectivity index (χ1n) is 12.2. The molecule has 0 radical (unpaired) electrons. The van der Waals surface area contributed by atoms with Gasteiger partial charge in [0.1, 0.15) is 24.1 Å². The van der Waals surface area contributed by atoms with Gasteiger partial charge in [0, 0.05) is 30.8 Å². The Hall–Kier alpha value is -4.23. The van der Waals surface area contributed by atoms with Crippen LogP contribution in [0.4, 0.5) is 19.0 Å². The van der Waals surface area contributed by atoms with Crippen LogP contribution in [0.5, 0.6) is 0 Å². The number of nitrogens with one attached hydrogen (secondary N) is 1. The van der Waals surface area contributed by atoms with Crippen LogP contribution in [-0.4, -0.2) is 84.7 Å². The van der Waals surface area contributed by atoms with Gasteiger partial charge in [0.05, 0.1) is 10.9 Å². The summed E-state index contributed by atoms with van der Waals surface area (Å²) in [5.41, 5.74) is 3.92. The molecule has 3 heterocycles. The van der Waals surface area contributed by atoms with Crippen LogP contribution in [0.1, 0.15) is 41.2 Å². The lowest BCUT2D eigenvalue weighted by atomic mass is 9.78. The average Bonchev–Trinajstić information content (AvgIpc) is 3.31. The van der Waals surface area contributed by atoms with Crippen molar-refractivity contribution in [1.82, 2.24) is 24.6 Å². The van der Waals surface area contributed by atoms with E-state index in [1.54, 1.807) is 18.7 Å². The number of pyridine rings is 1. The molecular weight excluding hydrogens is 573 g/mol. The Bertz CT molecular complexity index is 1360. The van der Waals surface area contributed by atoms with Crippen molar-refractivity contribution < 1.29 is 37.5 Å². The molecule has 3 atom stereocenters. The van der Waals surface area contributed by atoms with Crippen LogP contribution >= 0.6 is 11.6 Å². The molecule has 0 saturated carbocycles. The van der Waals surface area contributed by atoms with Gasteiger partial charge < -0.3 is 21.1 Å². The van der Waals surface area contributed by atoms with E-state index in [1.165, 1.54) is 24.5 Å². The molecule has 0 aromatic carbocycles. The van der Waals surface area contributed by atoms with Gasteiger partial charge in [-0.15, -0.1) is 0 Å².